The molecule has 23 heavy (non-hydrogen) atoms. The standard InChI is InChI=1S/C16H12N2O5/c1-22-13(19)9-23-11-5-2-4-10(8-11)18-15(20)12-6-3-7-17-14(12)16(18)21/h2-8H,9H2,1H3. The molecule has 0 saturated heterocycles. The number of carbonyl (C=O) groups excluding carboxylic acids is 3. The molecule has 3 rings (SSSR count). The predicted octanol–water partition coefficient (Wildman–Crippen LogP) is 1.43. The number of benzene rings is 1. The molecule has 0 unspecified atom stereocenters. The molecule has 0 saturated carbocycles. The zero-order valence-corrected chi connectivity index (χ0v) is 12.2. The molecule has 0 fully saturated rings. The van der Waals surface area contributed by atoms with Crippen LogP contribution in [0.5, 0.6) is 5.75 Å². The monoisotopic (exact) mass is 312 g/mol. The largest absolute Gasteiger partial charge is 0.482 e. The van der Waals surface area contributed by atoms with E-state index in [0.717, 1.165) is 4.90 Å². The Morgan fingerprint density at radius 3 is 2.74 bits per heavy atom. The molecule has 1 aromatic heterocycles. The summed E-state index contributed by atoms with van der Waals surface area (Å²) in [6, 6.07) is 9.50. The van der Waals surface area contributed by atoms with Crippen LogP contribution >= 0.6 is 0 Å². The number of ether oxygens (including phenoxy) is 2. The molecule has 0 N–H and O–H groups in total. The van der Waals surface area contributed by atoms with Gasteiger partial charge in [-0.3, -0.25) is 14.6 Å². The Bertz CT molecular complexity index is 768. The summed E-state index contributed by atoms with van der Waals surface area (Å²) in [4.78, 5) is 40.8. The van der Waals surface area contributed by atoms with Crippen molar-refractivity contribution in [2.24, 2.45) is 0 Å². The lowest BCUT2D eigenvalue weighted by atomic mass is 10.2. The molecule has 116 valence electrons. The number of rotatable bonds is 4. The number of carbonyl (C=O) groups is 3. The van der Waals surface area contributed by atoms with Crippen LogP contribution in [0.4, 0.5) is 5.69 Å². The summed E-state index contributed by atoms with van der Waals surface area (Å²) in [6.45, 7) is -0.260. The first-order chi connectivity index (χ1) is 11.1. The molecule has 0 aliphatic carbocycles. The average molecular weight is 312 g/mol. The molecule has 1 aromatic carbocycles. The maximum Gasteiger partial charge on any atom is 0.343 e. The van der Waals surface area contributed by atoms with Crippen LogP contribution < -0.4 is 9.64 Å². The number of anilines is 1. The van der Waals surface area contributed by atoms with Gasteiger partial charge in [0.2, 0.25) is 0 Å². The Morgan fingerprint density at radius 2 is 2.00 bits per heavy atom. The van der Waals surface area contributed by atoms with Gasteiger partial charge in [0, 0.05) is 12.3 Å². The van der Waals surface area contributed by atoms with Gasteiger partial charge in [0.1, 0.15) is 11.4 Å². The van der Waals surface area contributed by atoms with Gasteiger partial charge in [-0.05, 0) is 24.3 Å². The SMILES string of the molecule is COC(=O)COc1cccc(N2C(=O)c3cccnc3C2=O)c1. The van der Waals surface area contributed by atoms with Gasteiger partial charge in [-0.1, -0.05) is 6.07 Å². The number of esters is 1. The Hall–Kier alpha value is -3.22. The number of hydrogen-bond donors (Lipinski definition) is 0. The first-order valence-electron chi connectivity index (χ1n) is 6.75. The van der Waals surface area contributed by atoms with Crippen molar-refractivity contribution in [2.75, 3.05) is 18.6 Å². The number of aromatic nitrogens is 1. The van der Waals surface area contributed by atoms with Crippen LogP contribution in [0, 0.1) is 0 Å². The maximum absolute atomic E-state index is 12.4. The molecule has 7 heteroatoms. The number of methoxy groups -OCH3 is 1. The van der Waals surface area contributed by atoms with Crippen LogP contribution in [-0.2, 0) is 9.53 Å². The highest BCUT2D eigenvalue weighted by Crippen LogP contribution is 2.29. The lowest BCUT2D eigenvalue weighted by Gasteiger charge is -2.14. The minimum Gasteiger partial charge on any atom is -0.482 e. The molecular formula is C16H12N2O5. The Balaban J connectivity index is 1.87. The fourth-order valence-corrected chi connectivity index (χ4v) is 2.21. The van der Waals surface area contributed by atoms with E-state index in [9.17, 15) is 14.4 Å². The van der Waals surface area contributed by atoms with Gasteiger partial charge in [0.25, 0.3) is 11.8 Å². The highest BCUT2D eigenvalue weighted by molar-refractivity contribution is 6.33. The molecule has 1 aliphatic rings. The van der Waals surface area contributed by atoms with E-state index in [1.54, 1.807) is 30.3 Å². The van der Waals surface area contributed by atoms with E-state index < -0.39 is 17.8 Å². The molecule has 0 atom stereocenters. The van der Waals surface area contributed by atoms with Crippen molar-refractivity contribution in [1.29, 1.82) is 0 Å². The van der Waals surface area contributed by atoms with Crippen LogP contribution in [0.15, 0.2) is 42.6 Å². The summed E-state index contributed by atoms with van der Waals surface area (Å²) in [5.74, 6) is -1.11. The number of pyridine rings is 1. The van der Waals surface area contributed by atoms with Crippen molar-refractivity contribution in [3.63, 3.8) is 0 Å². The van der Waals surface area contributed by atoms with E-state index in [-0.39, 0.29) is 17.9 Å². The molecule has 7 nitrogen and oxygen atoms in total. The van der Waals surface area contributed by atoms with E-state index in [1.165, 1.54) is 19.4 Å². The number of fused-ring (bicyclic) bond motifs is 1. The zero-order valence-electron chi connectivity index (χ0n) is 12.2. The maximum atomic E-state index is 12.4. The topological polar surface area (TPSA) is 85.8 Å². The Kier molecular flexibility index (Phi) is 3.76. The van der Waals surface area contributed by atoms with Crippen molar-refractivity contribution in [3.05, 3.63) is 53.9 Å². The first-order valence-corrected chi connectivity index (χ1v) is 6.75. The third kappa shape index (κ3) is 2.64. The van der Waals surface area contributed by atoms with Gasteiger partial charge in [0.05, 0.1) is 18.4 Å². The van der Waals surface area contributed by atoms with Crippen molar-refractivity contribution >= 4 is 23.5 Å². The first kappa shape index (κ1) is 14.7. The van der Waals surface area contributed by atoms with Crippen LogP contribution in [-0.4, -0.2) is 36.5 Å². The summed E-state index contributed by atoms with van der Waals surface area (Å²) in [7, 11) is 1.26. The second kappa shape index (κ2) is 5.88. The quantitative estimate of drug-likeness (QED) is 0.627. The smallest absolute Gasteiger partial charge is 0.343 e. The molecule has 0 spiro atoms. The Labute approximate surface area is 131 Å². The minimum atomic E-state index is -0.527. The minimum absolute atomic E-state index is 0.124. The molecule has 1 aliphatic heterocycles. The molecule has 0 radical (unpaired) electrons. The number of nitrogens with zero attached hydrogens (tertiary/aromatic N) is 2. The summed E-state index contributed by atoms with van der Waals surface area (Å²) in [5.41, 5.74) is 0.733. The van der Waals surface area contributed by atoms with Gasteiger partial charge >= 0.3 is 5.97 Å². The second-order valence-corrected chi connectivity index (χ2v) is 4.71. The summed E-state index contributed by atoms with van der Waals surface area (Å²) in [6.07, 6.45) is 1.46. The van der Waals surface area contributed by atoms with Gasteiger partial charge < -0.3 is 9.47 Å². The van der Waals surface area contributed by atoms with Crippen LogP contribution in [0.25, 0.3) is 0 Å². The molecular weight excluding hydrogens is 300 g/mol. The normalized spacial score (nSPS) is 13.0. The number of imide groups is 1. The summed E-state index contributed by atoms with van der Waals surface area (Å²) in [5, 5.41) is 0. The van der Waals surface area contributed by atoms with E-state index in [2.05, 4.69) is 9.72 Å². The van der Waals surface area contributed by atoms with Crippen molar-refractivity contribution in [1.82, 2.24) is 4.98 Å². The van der Waals surface area contributed by atoms with Gasteiger partial charge in [-0.25, -0.2) is 9.69 Å². The van der Waals surface area contributed by atoms with Crippen molar-refractivity contribution in [2.45, 2.75) is 0 Å². The van der Waals surface area contributed by atoms with Crippen LogP contribution in [0.1, 0.15) is 20.8 Å². The van der Waals surface area contributed by atoms with E-state index in [1.807, 2.05) is 0 Å². The van der Waals surface area contributed by atoms with Crippen LogP contribution in [0.2, 0.25) is 0 Å². The highest BCUT2D eigenvalue weighted by atomic mass is 16.6. The third-order valence-corrected chi connectivity index (χ3v) is 3.31. The van der Waals surface area contributed by atoms with Crippen molar-refractivity contribution in [3.8, 4) is 5.75 Å². The lowest BCUT2D eigenvalue weighted by Crippen LogP contribution is -2.29. The summed E-state index contributed by atoms with van der Waals surface area (Å²) >= 11 is 0. The van der Waals surface area contributed by atoms with Gasteiger partial charge in [-0.15, -0.1) is 0 Å². The lowest BCUT2D eigenvalue weighted by molar-refractivity contribution is -0.142. The molecule has 0 bridgehead atoms. The fourth-order valence-electron chi connectivity index (χ4n) is 2.21. The fraction of sp³-hybridized carbons (Fsp3) is 0.125. The van der Waals surface area contributed by atoms with E-state index in [4.69, 9.17) is 4.74 Å². The average Bonchev–Trinajstić information content (AvgIpc) is 2.84. The number of amides is 2. The van der Waals surface area contributed by atoms with E-state index >= 15 is 0 Å². The second-order valence-electron chi connectivity index (χ2n) is 4.71. The third-order valence-electron chi connectivity index (χ3n) is 3.31. The predicted molar refractivity (Wildman–Crippen MR) is 79.3 cm³/mol. The molecule has 2 amide bonds. The molecule has 2 heterocycles. The number of hydrogen-bond acceptors (Lipinski definition) is 6. The molecule has 2 aromatic rings. The van der Waals surface area contributed by atoms with Crippen molar-refractivity contribution < 1.29 is 23.9 Å². The van der Waals surface area contributed by atoms with Crippen LogP contribution in [0.3, 0.4) is 0 Å². The highest BCUT2D eigenvalue weighted by Gasteiger charge is 2.37. The van der Waals surface area contributed by atoms with E-state index in [0.29, 0.717) is 11.4 Å². The Morgan fingerprint density at radius 1 is 1.17 bits per heavy atom. The van der Waals surface area contributed by atoms with Gasteiger partial charge in [-0.2, -0.15) is 0 Å². The zero-order chi connectivity index (χ0) is 16.4. The van der Waals surface area contributed by atoms with Gasteiger partial charge in [0.15, 0.2) is 6.61 Å². The summed E-state index contributed by atoms with van der Waals surface area (Å²) < 4.78 is 9.75.